The minimum Gasteiger partial charge on any atom is -0.303 e. The molecule has 1 nitrogen and oxygen atoms in total. The van der Waals surface area contributed by atoms with Crippen molar-refractivity contribution in [3.8, 4) is 0 Å². The minimum atomic E-state index is 0.235. The number of benzene rings is 2. The first-order valence-electron chi connectivity index (χ1n) is 6.43. The zero-order valence-electron chi connectivity index (χ0n) is 11.0. The molecule has 2 aromatic rings. The maximum Gasteiger partial charge on any atom is 0.120 e. The molecule has 0 heterocycles. The van der Waals surface area contributed by atoms with Gasteiger partial charge >= 0.3 is 0 Å². The van der Waals surface area contributed by atoms with Crippen molar-refractivity contribution in [2.45, 2.75) is 25.7 Å². The van der Waals surface area contributed by atoms with Crippen LogP contribution in [0.4, 0.5) is 0 Å². The molecular formula is C17H17ClO. The summed E-state index contributed by atoms with van der Waals surface area (Å²) in [4.78, 5) is 10.9. The fourth-order valence-corrected chi connectivity index (χ4v) is 2.32. The Kier molecular flexibility index (Phi) is 4.75. The largest absolute Gasteiger partial charge is 0.303 e. The number of aldehydes is 1. The van der Waals surface area contributed by atoms with E-state index < -0.39 is 0 Å². The standard InChI is InChI=1S/C17H17ClO/c1-13-2-6-15(7-3-13)16(10-11-19)12-14-4-8-17(18)9-5-14/h2-9,11,16H,10,12H2,1H3/t16-/m0/s1. The number of halogens is 1. The Hall–Kier alpha value is -1.60. The predicted molar refractivity (Wildman–Crippen MR) is 79.8 cm³/mol. The molecule has 0 aliphatic carbocycles. The molecule has 0 N–H and O–H groups in total. The molecular weight excluding hydrogens is 256 g/mol. The molecule has 0 saturated carbocycles. The van der Waals surface area contributed by atoms with Crippen molar-refractivity contribution < 1.29 is 4.79 Å². The van der Waals surface area contributed by atoms with Crippen molar-refractivity contribution in [2.24, 2.45) is 0 Å². The second-order valence-electron chi connectivity index (χ2n) is 4.84. The third-order valence-corrected chi connectivity index (χ3v) is 3.58. The fourth-order valence-electron chi connectivity index (χ4n) is 2.20. The molecule has 0 fully saturated rings. The van der Waals surface area contributed by atoms with Crippen LogP contribution in [0.1, 0.15) is 29.0 Å². The number of aryl methyl sites for hydroxylation is 1. The van der Waals surface area contributed by atoms with Crippen molar-refractivity contribution in [3.63, 3.8) is 0 Å². The van der Waals surface area contributed by atoms with Crippen LogP contribution in [0.15, 0.2) is 48.5 Å². The average Bonchev–Trinajstić information content (AvgIpc) is 2.42. The molecule has 0 aromatic heterocycles. The van der Waals surface area contributed by atoms with Gasteiger partial charge in [-0.05, 0) is 42.5 Å². The number of carbonyl (C=O) groups excluding carboxylic acids is 1. The summed E-state index contributed by atoms with van der Waals surface area (Å²) in [6.45, 7) is 2.07. The van der Waals surface area contributed by atoms with Gasteiger partial charge < -0.3 is 4.79 Å². The van der Waals surface area contributed by atoms with Gasteiger partial charge in [-0.2, -0.15) is 0 Å². The molecule has 2 heteroatoms. The second kappa shape index (κ2) is 6.53. The summed E-state index contributed by atoms with van der Waals surface area (Å²) >= 11 is 5.89. The van der Waals surface area contributed by atoms with Crippen LogP contribution in [-0.2, 0) is 11.2 Å². The third-order valence-electron chi connectivity index (χ3n) is 3.32. The predicted octanol–water partition coefficient (Wildman–Crippen LogP) is 4.56. The highest BCUT2D eigenvalue weighted by Gasteiger charge is 2.12. The molecule has 0 aliphatic heterocycles. The van der Waals surface area contributed by atoms with Crippen LogP contribution >= 0.6 is 11.6 Å². The summed E-state index contributed by atoms with van der Waals surface area (Å²) in [5.74, 6) is 0.235. The van der Waals surface area contributed by atoms with E-state index in [9.17, 15) is 4.79 Å². The van der Waals surface area contributed by atoms with E-state index in [1.165, 1.54) is 16.7 Å². The first kappa shape index (κ1) is 13.8. The third kappa shape index (κ3) is 3.93. The monoisotopic (exact) mass is 272 g/mol. The molecule has 2 rings (SSSR count). The summed E-state index contributed by atoms with van der Waals surface area (Å²) in [5, 5.41) is 0.742. The maximum atomic E-state index is 10.9. The van der Waals surface area contributed by atoms with Gasteiger partial charge in [0.05, 0.1) is 0 Å². The van der Waals surface area contributed by atoms with E-state index in [0.29, 0.717) is 6.42 Å². The lowest BCUT2D eigenvalue weighted by Gasteiger charge is -2.15. The van der Waals surface area contributed by atoms with Crippen molar-refractivity contribution in [2.75, 3.05) is 0 Å². The van der Waals surface area contributed by atoms with Gasteiger partial charge in [-0.15, -0.1) is 0 Å². The molecule has 19 heavy (non-hydrogen) atoms. The molecule has 0 saturated heterocycles. The van der Waals surface area contributed by atoms with E-state index in [1.54, 1.807) is 0 Å². The van der Waals surface area contributed by atoms with Gasteiger partial charge in [0.1, 0.15) is 6.29 Å². The summed E-state index contributed by atoms with van der Waals surface area (Å²) in [5.41, 5.74) is 3.66. The Morgan fingerprint density at radius 1 is 1.05 bits per heavy atom. The van der Waals surface area contributed by atoms with Crippen LogP contribution in [0.3, 0.4) is 0 Å². The lowest BCUT2D eigenvalue weighted by atomic mass is 9.89. The molecule has 0 amide bonds. The van der Waals surface area contributed by atoms with E-state index in [4.69, 9.17) is 11.6 Å². The summed E-state index contributed by atoms with van der Waals surface area (Å²) in [7, 11) is 0. The molecule has 0 aliphatic rings. The smallest absolute Gasteiger partial charge is 0.120 e. The van der Waals surface area contributed by atoms with Crippen molar-refractivity contribution in [3.05, 3.63) is 70.2 Å². The Balaban J connectivity index is 2.18. The molecule has 2 aromatic carbocycles. The molecule has 0 unspecified atom stereocenters. The van der Waals surface area contributed by atoms with Gasteiger partial charge in [0.25, 0.3) is 0 Å². The molecule has 1 atom stereocenters. The Labute approximate surface area is 119 Å². The number of carbonyl (C=O) groups is 1. The summed E-state index contributed by atoms with van der Waals surface area (Å²) in [6, 6.07) is 16.2. The zero-order valence-corrected chi connectivity index (χ0v) is 11.7. The van der Waals surface area contributed by atoms with Gasteiger partial charge in [0.2, 0.25) is 0 Å². The topological polar surface area (TPSA) is 17.1 Å². The number of hydrogen-bond donors (Lipinski definition) is 0. The van der Waals surface area contributed by atoms with Crippen LogP contribution in [0.2, 0.25) is 5.02 Å². The van der Waals surface area contributed by atoms with Gasteiger partial charge in [-0.3, -0.25) is 0 Å². The van der Waals surface area contributed by atoms with Crippen LogP contribution in [0.5, 0.6) is 0 Å². The van der Waals surface area contributed by atoms with E-state index in [-0.39, 0.29) is 5.92 Å². The van der Waals surface area contributed by atoms with Crippen molar-refractivity contribution in [1.82, 2.24) is 0 Å². The quantitative estimate of drug-likeness (QED) is 0.729. The summed E-state index contributed by atoms with van der Waals surface area (Å²) < 4.78 is 0. The maximum absolute atomic E-state index is 10.9. The van der Waals surface area contributed by atoms with Crippen LogP contribution < -0.4 is 0 Å². The zero-order chi connectivity index (χ0) is 13.7. The lowest BCUT2D eigenvalue weighted by Crippen LogP contribution is -2.04. The Bertz CT molecular complexity index is 528. The first-order chi connectivity index (χ1) is 9.19. The van der Waals surface area contributed by atoms with Crippen LogP contribution in [-0.4, -0.2) is 6.29 Å². The first-order valence-corrected chi connectivity index (χ1v) is 6.81. The van der Waals surface area contributed by atoms with E-state index in [2.05, 4.69) is 31.2 Å². The van der Waals surface area contributed by atoms with Crippen LogP contribution in [0.25, 0.3) is 0 Å². The normalized spacial score (nSPS) is 12.1. The molecule has 0 bridgehead atoms. The van der Waals surface area contributed by atoms with Gasteiger partial charge in [-0.25, -0.2) is 0 Å². The van der Waals surface area contributed by atoms with E-state index >= 15 is 0 Å². The Morgan fingerprint density at radius 2 is 1.68 bits per heavy atom. The second-order valence-corrected chi connectivity index (χ2v) is 5.28. The Morgan fingerprint density at radius 3 is 2.26 bits per heavy atom. The SMILES string of the molecule is Cc1ccc([C@@H](CC=O)Cc2ccc(Cl)cc2)cc1. The highest BCUT2D eigenvalue weighted by atomic mass is 35.5. The highest BCUT2D eigenvalue weighted by molar-refractivity contribution is 6.30. The van der Waals surface area contributed by atoms with Crippen molar-refractivity contribution >= 4 is 17.9 Å². The highest BCUT2D eigenvalue weighted by Crippen LogP contribution is 2.24. The molecule has 0 spiro atoms. The summed E-state index contributed by atoms with van der Waals surface area (Å²) in [6.07, 6.45) is 2.41. The minimum absolute atomic E-state index is 0.235. The van der Waals surface area contributed by atoms with Gasteiger partial charge in [0.15, 0.2) is 0 Å². The van der Waals surface area contributed by atoms with Gasteiger partial charge in [-0.1, -0.05) is 53.6 Å². The van der Waals surface area contributed by atoms with Crippen LogP contribution in [0, 0.1) is 6.92 Å². The number of hydrogen-bond acceptors (Lipinski definition) is 1. The molecule has 0 radical (unpaired) electrons. The van der Waals surface area contributed by atoms with E-state index in [1.807, 2.05) is 24.3 Å². The number of rotatable bonds is 5. The van der Waals surface area contributed by atoms with Gasteiger partial charge in [0, 0.05) is 11.4 Å². The fraction of sp³-hybridized carbons (Fsp3) is 0.235. The average molecular weight is 273 g/mol. The lowest BCUT2D eigenvalue weighted by molar-refractivity contribution is -0.108. The van der Waals surface area contributed by atoms with E-state index in [0.717, 1.165) is 17.7 Å². The van der Waals surface area contributed by atoms with Crippen molar-refractivity contribution in [1.29, 1.82) is 0 Å². The molecule has 98 valence electrons.